The van der Waals surface area contributed by atoms with Gasteiger partial charge in [0.2, 0.25) is 11.8 Å². The molecule has 3 amide bonds. The average Bonchev–Trinajstić information content (AvgIpc) is 2.67. The molecule has 0 saturated heterocycles. The molecule has 3 aromatic carbocycles. The minimum Gasteiger partial charge on any atom is -0.368 e. The van der Waals surface area contributed by atoms with Gasteiger partial charge in [0.1, 0.15) is 6.04 Å². The first-order valence-electron chi connectivity index (χ1n) is 8.88. The number of hydrogen-bond donors (Lipinski definition) is 3. The molecule has 6 heteroatoms. The summed E-state index contributed by atoms with van der Waals surface area (Å²) in [4.78, 5) is 35.8. The fourth-order valence-electron chi connectivity index (χ4n) is 3.10. The zero-order valence-electron chi connectivity index (χ0n) is 15.4. The van der Waals surface area contributed by atoms with Gasteiger partial charge in [-0.25, -0.2) is 0 Å². The monoisotopic (exact) mass is 375 g/mol. The van der Waals surface area contributed by atoms with Crippen LogP contribution in [0.5, 0.6) is 0 Å². The van der Waals surface area contributed by atoms with E-state index in [2.05, 4.69) is 10.6 Å². The molecule has 3 rings (SSSR count). The summed E-state index contributed by atoms with van der Waals surface area (Å²) in [6, 6.07) is 19.3. The summed E-state index contributed by atoms with van der Waals surface area (Å²) in [5.41, 5.74) is 7.30. The summed E-state index contributed by atoms with van der Waals surface area (Å²) in [6.45, 7) is 1.39. The summed E-state index contributed by atoms with van der Waals surface area (Å²) in [5.74, 6) is -1.28. The van der Waals surface area contributed by atoms with Crippen LogP contribution in [0.2, 0.25) is 0 Å². The van der Waals surface area contributed by atoms with Gasteiger partial charge in [0.05, 0.1) is 0 Å². The van der Waals surface area contributed by atoms with Crippen molar-refractivity contribution in [2.24, 2.45) is 5.73 Å². The lowest BCUT2D eigenvalue weighted by atomic mass is 9.98. The smallest absolute Gasteiger partial charge is 0.252 e. The maximum Gasteiger partial charge on any atom is 0.252 e. The highest BCUT2D eigenvalue weighted by molar-refractivity contribution is 5.99. The van der Waals surface area contributed by atoms with Crippen LogP contribution in [0.3, 0.4) is 0 Å². The Morgan fingerprint density at radius 3 is 2.43 bits per heavy atom. The Labute approximate surface area is 162 Å². The molecule has 142 valence electrons. The quantitative estimate of drug-likeness (QED) is 0.617. The van der Waals surface area contributed by atoms with E-state index in [-0.39, 0.29) is 12.3 Å². The largest absolute Gasteiger partial charge is 0.368 e. The van der Waals surface area contributed by atoms with E-state index in [1.54, 1.807) is 24.3 Å². The van der Waals surface area contributed by atoms with E-state index in [1.165, 1.54) is 6.92 Å². The van der Waals surface area contributed by atoms with E-state index < -0.39 is 17.9 Å². The van der Waals surface area contributed by atoms with Crippen LogP contribution in [0.1, 0.15) is 22.8 Å². The predicted octanol–water partition coefficient (Wildman–Crippen LogP) is 2.62. The van der Waals surface area contributed by atoms with E-state index in [0.717, 1.165) is 16.3 Å². The second kappa shape index (κ2) is 8.35. The molecule has 0 aromatic heterocycles. The molecule has 28 heavy (non-hydrogen) atoms. The Morgan fingerprint density at radius 1 is 0.964 bits per heavy atom. The molecule has 3 aromatic rings. The van der Waals surface area contributed by atoms with Crippen molar-refractivity contribution in [1.82, 2.24) is 5.32 Å². The van der Waals surface area contributed by atoms with Crippen LogP contribution in [-0.4, -0.2) is 23.8 Å². The fraction of sp³-hybridized carbons (Fsp3) is 0.136. The molecule has 0 aliphatic carbocycles. The Bertz CT molecular complexity index is 1040. The van der Waals surface area contributed by atoms with Crippen LogP contribution in [0.15, 0.2) is 66.7 Å². The molecule has 1 atom stereocenters. The van der Waals surface area contributed by atoms with Crippen LogP contribution in [0.4, 0.5) is 5.69 Å². The number of nitrogens with two attached hydrogens (primary N) is 1. The molecule has 0 heterocycles. The fourth-order valence-corrected chi connectivity index (χ4v) is 3.10. The van der Waals surface area contributed by atoms with Gasteiger partial charge in [-0.05, 0) is 34.5 Å². The van der Waals surface area contributed by atoms with Crippen LogP contribution >= 0.6 is 0 Å². The lowest BCUT2D eigenvalue weighted by Gasteiger charge is -2.17. The Balaban J connectivity index is 1.80. The second-order valence-electron chi connectivity index (χ2n) is 6.53. The number of hydrogen-bond acceptors (Lipinski definition) is 3. The number of benzene rings is 3. The summed E-state index contributed by atoms with van der Waals surface area (Å²) in [5, 5.41) is 7.39. The highest BCUT2D eigenvalue weighted by Crippen LogP contribution is 2.20. The lowest BCUT2D eigenvalue weighted by Crippen LogP contribution is -2.45. The first kappa shape index (κ1) is 19.1. The van der Waals surface area contributed by atoms with Gasteiger partial charge in [0, 0.05) is 24.6 Å². The van der Waals surface area contributed by atoms with Crippen molar-refractivity contribution in [3.63, 3.8) is 0 Å². The topological polar surface area (TPSA) is 101 Å². The van der Waals surface area contributed by atoms with Crippen molar-refractivity contribution >= 4 is 34.2 Å². The van der Waals surface area contributed by atoms with Gasteiger partial charge in [-0.15, -0.1) is 0 Å². The molecule has 0 aliphatic heterocycles. The van der Waals surface area contributed by atoms with Crippen LogP contribution < -0.4 is 16.4 Å². The highest BCUT2D eigenvalue weighted by atomic mass is 16.2. The van der Waals surface area contributed by atoms with Gasteiger partial charge in [-0.2, -0.15) is 0 Å². The van der Waals surface area contributed by atoms with Crippen molar-refractivity contribution in [1.29, 1.82) is 0 Å². The van der Waals surface area contributed by atoms with Crippen LogP contribution in [0, 0.1) is 0 Å². The number of fused-ring (bicyclic) bond motifs is 1. The van der Waals surface area contributed by atoms with Gasteiger partial charge < -0.3 is 16.4 Å². The lowest BCUT2D eigenvalue weighted by molar-refractivity contribution is -0.119. The van der Waals surface area contributed by atoms with Gasteiger partial charge in [0.15, 0.2) is 0 Å². The molecular weight excluding hydrogens is 354 g/mol. The third-order valence-electron chi connectivity index (χ3n) is 4.40. The first-order chi connectivity index (χ1) is 13.4. The number of primary amides is 1. The Kier molecular flexibility index (Phi) is 5.69. The first-order valence-corrected chi connectivity index (χ1v) is 8.88. The third-order valence-corrected chi connectivity index (χ3v) is 4.40. The van der Waals surface area contributed by atoms with Gasteiger partial charge >= 0.3 is 0 Å². The molecule has 0 radical (unpaired) electrons. The molecule has 0 bridgehead atoms. The van der Waals surface area contributed by atoms with E-state index in [1.807, 2.05) is 42.5 Å². The van der Waals surface area contributed by atoms with Gasteiger partial charge in [0.25, 0.3) is 5.91 Å². The second-order valence-corrected chi connectivity index (χ2v) is 6.53. The van der Waals surface area contributed by atoms with E-state index in [0.29, 0.717) is 11.3 Å². The highest BCUT2D eigenvalue weighted by Gasteiger charge is 2.20. The molecular formula is C22H21N3O3. The number of amides is 3. The standard InChI is InChI=1S/C22H21N3O3/c1-14(26)24-18-10-5-9-17(12-18)22(28)25-20(21(23)27)13-16-8-4-7-15-6-2-3-11-19(15)16/h2-12,20H,13H2,1H3,(H2,23,27)(H,24,26)(H,25,28)/t20-/m0/s1. The maximum absolute atomic E-state index is 12.6. The summed E-state index contributed by atoms with van der Waals surface area (Å²) in [7, 11) is 0. The number of carbonyl (C=O) groups is 3. The predicted molar refractivity (Wildman–Crippen MR) is 109 cm³/mol. The van der Waals surface area contributed by atoms with E-state index in [4.69, 9.17) is 5.73 Å². The third kappa shape index (κ3) is 4.54. The summed E-state index contributed by atoms with van der Waals surface area (Å²) < 4.78 is 0. The molecule has 0 fully saturated rings. The van der Waals surface area contributed by atoms with Gasteiger partial charge in [-0.1, -0.05) is 48.5 Å². The van der Waals surface area contributed by atoms with Crippen molar-refractivity contribution < 1.29 is 14.4 Å². The van der Waals surface area contributed by atoms with Crippen molar-refractivity contribution in [3.05, 3.63) is 77.9 Å². The Hall–Kier alpha value is -3.67. The zero-order valence-corrected chi connectivity index (χ0v) is 15.4. The van der Waals surface area contributed by atoms with E-state index >= 15 is 0 Å². The van der Waals surface area contributed by atoms with Crippen molar-refractivity contribution in [2.45, 2.75) is 19.4 Å². The SMILES string of the molecule is CC(=O)Nc1cccc(C(=O)N[C@@H](Cc2cccc3ccccc23)C(N)=O)c1. The van der Waals surface area contributed by atoms with Crippen molar-refractivity contribution in [3.8, 4) is 0 Å². The molecule has 0 aliphatic rings. The molecule has 0 saturated carbocycles. The summed E-state index contributed by atoms with van der Waals surface area (Å²) in [6.07, 6.45) is 0.286. The van der Waals surface area contributed by atoms with E-state index in [9.17, 15) is 14.4 Å². The van der Waals surface area contributed by atoms with Crippen LogP contribution in [0.25, 0.3) is 10.8 Å². The maximum atomic E-state index is 12.6. The number of nitrogens with one attached hydrogen (secondary N) is 2. The number of rotatable bonds is 6. The van der Waals surface area contributed by atoms with Crippen LogP contribution in [-0.2, 0) is 16.0 Å². The molecule has 4 N–H and O–H groups in total. The number of carbonyl (C=O) groups excluding carboxylic acids is 3. The zero-order chi connectivity index (χ0) is 20.1. The number of anilines is 1. The minimum absolute atomic E-state index is 0.233. The summed E-state index contributed by atoms with van der Waals surface area (Å²) >= 11 is 0. The van der Waals surface area contributed by atoms with Crippen molar-refractivity contribution in [2.75, 3.05) is 5.32 Å². The normalized spacial score (nSPS) is 11.6. The molecule has 0 spiro atoms. The average molecular weight is 375 g/mol. The molecule has 0 unspecified atom stereocenters. The Morgan fingerprint density at radius 2 is 1.68 bits per heavy atom. The minimum atomic E-state index is -0.859. The van der Waals surface area contributed by atoms with Gasteiger partial charge in [-0.3, -0.25) is 14.4 Å². The molecule has 6 nitrogen and oxygen atoms in total.